The number of nitrogens with zero attached hydrogens (tertiary/aromatic N) is 1. The zero-order chi connectivity index (χ0) is 19.7. The quantitative estimate of drug-likeness (QED) is 0.665. The molecule has 0 saturated heterocycles. The van der Waals surface area contributed by atoms with E-state index in [0.717, 1.165) is 46.5 Å². The van der Waals surface area contributed by atoms with E-state index < -0.39 is 0 Å². The summed E-state index contributed by atoms with van der Waals surface area (Å²) in [4.78, 5) is 0. The lowest BCUT2D eigenvalue weighted by atomic mass is 9.95. The van der Waals surface area contributed by atoms with Crippen LogP contribution in [0.1, 0.15) is 5.56 Å². The van der Waals surface area contributed by atoms with E-state index >= 15 is 0 Å². The molecule has 146 valence electrons. The zero-order valence-electron chi connectivity index (χ0n) is 16.3. The highest BCUT2D eigenvalue weighted by molar-refractivity contribution is 5.91. The third-order valence-corrected chi connectivity index (χ3v) is 5.14. The third kappa shape index (κ3) is 2.99. The van der Waals surface area contributed by atoms with Crippen LogP contribution in [0.3, 0.4) is 0 Å². The lowest BCUT2D eigenvalue weighted by Crippen LogP contribution is -2.40. The topological polar surface area (TPSA) is 61.0 Å². The summed E-state index contributed by atoms with van der Waals surface area (Å²) in [5.41, 5.74) is 3.44. The van der Waals surface area contributed by atoms with Gasteiger partial charge in [0.1, 0.15) is 6.61 Å². The Morgan fingerprint density at radius 1 is 0.964 bits per heavy atom. The predicted molar refractivity (Wildman–Crippen MR) is 106 cm³/mol. The summed E-state index contributed by atoms with van der Waals surface area (Å²) < 4.78 is 24.4. The van der Waals surface area contributed by atoms with Crippen molar-refractivity contribution in [1.29, 1.82) is 0 Å². The molecule has 28 heavy (non-hydrogen) atoms. The van der Waals surface area contributed by atoms with Crippen LogP contribution >= 0.6 is 0 Å². The van der Waals surface area contributed by atoms with Crippen molar-refractivity contribution in [2.75, 3.05) is 34.5 Å². The highest BCUT2D eigenvalue weighted by Crippen LogP contribution is 2.40. The number of benzene rings is 2. The molecule has 0 unspecified atom stereocenters. The summed E-state index contributed by atoms with van der Waals surface area (Å²) in [6, 6.07) is 10.2. The fourth-order valence-electron chi connectivity index (χ4n) is 3.81. The molecule has 3 aromatic rings. The molecule has 2 heterocycles. The molecule has 1 aliphatic rings. The van der Waals surface area contributed by atoms with Gasteiger partial charge in [0.15, 0.2) is 35.7 Å². The third-order valence-electron chi connectivity index (χ3n) is 5.14. The number of aryl methyl sites for hydroxylation is 2. The molecular weight excluding hydrogens is 358 g/mol. The number of methoxy groups -OCH3 is 3. The van der Waals surface area contributed by atoms with Crippen molar-refractivity contribution < 1.29 is 28.6 Å². The van der Waals surface area contributed by atoms with E-state index in [-0.39, 0.29) is 13.2 Å². The minimum Gasteiger partial charge on any atom is -0.493 e. The zero-order valence-corrected chi connectivity index (χ0v) is 16.3. The van der Waals surface area contributed by atoms with Crippen molar-refractivity contribution in [3.8, 4) is 34.3 Å². The first kappa shape index (κ1) is 18.4. The second-order valence-electron chi connectivity index (χ2n) is 6.64. The SMILES string of the molecule is COc1cc2c(cc1OCCO)CC[n+]1cc3c(OC)c(OC)ccc3cc1-2. The van der Waals surface area contributed by atoms with Gasteiger partial charge in [-0.3, -0.25) is 0 Å². The normalized spacial score (nSPS) is 12.3. The molecule has 2 aromatic carbocycles. The van der Waals surface area contributed by atoms with Crippen molar-refractivity contribution in [1.82, 2.24) is 0 Å². The Balaban J connectivity index is 1.88. The first-order chi connectivity index (χ1) is 13.7. The number of rotatable bonds is 6. The summed E-state index contributed by atoms with van der Waals surface area (Å²) in [7, 11) is 4.94. The average Bonchev–Trinajstić information content (AvgIpc) is 2.74. The van der Waals surface area contributed by atoms with E-state index in [1.54, 1.807) is 21.3 Å². The van der Waals surface area contributed by atoms with Gasteiger partial charge in [-0.05, 0) is 35.2 Å². The predicted octanol–water partition coefficient (Wildman–Crippen LogP) is 2.75. The van der Waals surface area contributed by atoms with Gasteiger partial charge in [-0.2, -0.15) is 4.57 Å². The summed E-state index contributed by atoms with van der Waals surface area (Å²) in [6.45, 7) is 1.06. The van der Waals surface area contributed by atoms with E-state index in [4.69, 9.17) is 24.1 Å². The van der Waals surface area contributed by atoms with Crippen molar-refractivity contribution in [3.63, 3.8) is 0 Å². The van der Waals surface area contributed by atoms with Gasteiger partial charge >= 0.3 is 0 Å². The van der Waals surface area contributed by atoms with Gasteiger partial charge < -0.3 is 24.1 Å². The molecular formula is C22H24NO5+. The Hall–Kier alpha value is -2.99. The molecule has 0 spiro atoms. The lowest BCUT2D eigenvalue weighted by Gasteiger charge is -2.19. The Morgan fingerprint density at radius 3 is 2.50 bits per heavy atom. The maximum atomic E-state index is 9.05. The van der Waals surface area contributed by atoms with Crippen LogP contribution < -0.4 is 23.5 Å². The second kappa shape index (κ2) is 7.56. The van der Waals surface area contributed by atoms with E-state index in [1.807, 2.05) is 24.3 Å². The molecule has 0 saturated carbocycles. The number of aliphatic hydroxyl groups excluding tert-OH is 1. The van der Waals surface area contributed by atoms with E-state index in [9.17, 15) is 0 Å². The van der Waals surface area contributed by atoms with Crippen LogP contribution in [0.4, 0.5) is 0 Å². The molecule has 4 rings (SSSR count). The first-order valence-corrected chi connectivity index (χ1v) is 9.23. The van der Waals surface area contributed by atoms with Crippen LogP contribution in [0.15, 0.2) is 36.5 Å². The van der Waals surface area contributed by atoms with E-state index in [0.29, 0.717) is 11.5 Å². The number of aliphatic hydroxyl groups is 1. The molecule has 0 amide bonds. The molecule has 0 aliphatic carbocycles. The molecule has 1 aliphatic heterocycles. The average molecular weight is 382 g/mol. The Labute approximate surface area is 163 Å². The maximum absolute atomic E-state index is 9.05. The van der Waals surface area contributed by atoms with Crippen LogP contribution in [0.2, 0.25) is 0 Å². The monoisotopic (exact) mass is 382 g/mol. The highest BCUT2D eigenvalue weighted by atomic mass is 16.5. The second-order valence-corrected chi connectivity index (χ2v) is 6.64. The number of aromatic nitrogens is 1. The summed E-state index contributed by atoms with van der Waals surface area (Å²) in [6.07, 6.45) is 3.00. The fraction of sp³-hybridized carbons (Fsp3) is 0.318. The van der Waals surface area contributed by atoms with Gasteiger partial charge in [0, 0.05) is 12.5 Å². The fourth-order valence-corrected chi connectivity index (χ4v) is 3.81. The Morgan fingerprint density at radius 2 is 1.79 bits per heavy atom. The van der Waals surface area contributed by atoms with Crippen LogP contribution in [0, 0.1) is 0 Å². The summed E-state index contributed by atoms with van der Waals surface area (Å²) in [5.74, 6) is 2.79. The summed E-state index contributed by atoms with van der Waals surface area (Å²) in [5, 5.41) is 11.1. The van der Waals surface area contributed by atoms with Crippen molar-refractivity contribution >= 4 is 10.8 Å². The van der Waals surface area contributed by atoms with Gasteiger partial charge in [-0.1, -0.05) is 0 Å². The number of fused-ring (bicyclic) bond motifs is 4. The van der Waals surface area contributed by atoms with E-state index in [2.05, 4.69) is 16.8 Å². The highest BCUT2D eigenvalue weighted by Gasteiger charge is 2.27. The standard InChI is InChI=1S/C22H24NO5/c1-25-19-5-4-14-10-18-16-12-20(26-2)21(28-9-8-24)11-15(16)6-7-23(18)13-17(14)22(19)27-3/h4-5,10-13,24H,6-9H2,1-3H3/q+1. The Kier molecular flexibility index (Phi) is 4.96. The van der Waals surface area contributed by atoms with Crippen molar-refractivity contribution in [3.05, 3.63) is 42.1 Å². The Bertz CT molecular complexity index is 1030. The molecule has 6 nitrogen and oxygen atoms in total. The largest absolute Gasteiger partial charge is 0.493 e. The molecule has 0 atom stereocenters. The number of ether oxygens (including phenoxy) is 4. The van der Waals surface area contributed by atoms with Gasteiger partial charge in [-0.15, -0.1) is 0 Å². The van der Waals surface area contributed by atoms with E-state index in [1.165, 1.54) is 5.56 Å². The smallest absolute Gasteiger partial charge is 0.213 e. The van der Waals surface area contributed by atoms with Crippen LogP contribution in [-0.2, 0) is 13.0 Å². The lowest BCUT2D eigenvalue weighted by molar-refractivity contribution is -0.686. The maximum Gasteiger partial charge on any atom is 0.213 e. The van der Waals surface area contributed by atoms with Gasteiger partial charge in [-0.25, -0.2) is 0 Å². The van der Waals surface area contributed by atoms with Gasteiger partial charge in [0.25, 0.3) is 0 Å². The molecule has 6 heteroatoms. The molecule has 1 N–H and O–H groups in total. The number of hydrogen-bond acceptors (Lipinski definition) is 5. The molecule has 0 bridgehead atoms. The minimum atomic E-state index is -0.0315. The van der Waals surface area contributed by atoms with Crippen LogP contribution in [0.5, 0.6) is 23.0 Å². The van der Waals surface area contributed by atoms with Crippen LogP contribution in [-0.4, -0.2) is 39.6 Å². The molecule has 1 aromatic heterocycles. The van der Waals surface area contributed by atoms with Crippen molar-refractivity contribution in [2.45, 2.75) is 13.0 Å². The number of pyridine rings is 1. The van der Waals surface area contributed by atoms with Gasteiger partial charge in [0.2, 0.25) is 5.69 Å². The minimum absolute atomic E-state index is 0.0315. The molecule has 0 radical (unpaired) electrons. The van der Waals surface area contributed by atoms with Crippen LogP contribution in [0.25, 0.3) is 22.0 Å². The van der Waals surface area contributed by atoms with Crippen molar-refractivity contribution in [2.24, 2.45) is 0 Å². The summed E-state index contributed by atoms with van der Waals surface area (Å²) >= 11 is 0. The van der Waals surface area contributed by atoms with Gasteiger partial charge in [0.05, 0.1) is 38.9 Å². The number of hydrogen-bond donors (Lipinski definition) is 1. The first-order valence-electron chi connectivity index (χ1n) is 9.23. The molecule has 0 fully saturated rings.